The van der Waals surface area contributed by atoms with Crippen molar-refractivity contribution in [3.8, 4) is 0 Å². The first-order valence-corrected chi connectivity index (χ1v) is 16.5. The van der Waals surface area contributed by atoms with E-state index in [0.29, 0.717) is 0 Å². The molecule has 0 unspecified atom stereocenters. The number of carbonyl (C=O) groups excluding carboxylic acids is 5. The zero-order valence-electron chi connectivity index (χ0n) is 27.2. The number of aromatic nitrogens is 1. The first kappa shape index (κ1) is 34.3. The summed E-state index contributed by atoms with van der Waals surface area (Å²) in [4.78, 5) is 71.0. The van der Waals surface area contributed by atoms with Crippen molar-refractivity contribution in [2.45, 2.75) is 63.7 Å². The average molecular weight is 658 g/mol. The summed E-state index contributed by atoms with van der Waals surface area (Å²) in [7, 11) is 0. The summed E-state index contributed by atoms with van der Waals surface area (Å²) in [5, 5.41) is 15.0. The lowest BCUT2D eigenvalue weighted by Gasteiger charge is -2.29. The Balaban J connectivity index is 1.41. The quantitative estimate of drug-likeness (QED) is 0.307. The van der Waals surface area contributed by atoms with Gasteiger partial charge in [-0.1, -0.05) is 72.2 Å². The lowest BCUT2D eigenvalue weighted by molar-refractivity contribution is -0.134. The van der Waals surface area contributed by atoms with E-state index in [0.717, 1.165) is 43.5 Å². The molecule has 254 valence electrons. The SMILES string of the molecule is C[C@@H]1NC(=O)c2cc(on2)CN(C(=O)CN2CCCCC2)CCNC(=O)[C@@H](Cc2ccccc2)NC(=O)[C@H](Cc2ccccc2)NC1=O. The molecule has 2 aliphatic rings. The van der Waals surface area contributed by atoms with Gasteiger partial charge in [-0.05, 0) is 44.0 Å². The predicted molar refractivity (Wildman–Crippen MR) is 176 cm³/mol. The van der Waals surface area contributed by atoms with Gasteiger partial charge in [0.25, 0.3) is 5.91 Å². The van der Waals surface area contributed by atoms with Gasteiger partial charge in [0.15, 0.2) is 11.5 Å². The van der Waals surface area contributed by atoms with Crippen LogP contribution in [-0.2, 0) is 38.6 Å². The third-order valence-corrected chi connectivity index (χ3v) is 8.55. The van der Waals surface area contributed by atoms with E-state index in [9.17, 15) is 24.0 Å². The van der Waals surface area contributed by atoms with E-state index in [1.165, 1.54) is 13.0 Å². The second-order valence-corrected chi connectivity index (χ2v) is 12.3. The molecule has 2 aliphatic heterocycles. The first-order valence-electron chi connectivity index (χ1n) is 16.5. The van der Waals surface area contributed by atoms with Gasteiger partial charge in [-0.3, -0.25) is 28.9 Å². The molecule has 0 aliphatic carbocycles. The molecule has 2 aromatic carbocycles. The minimum Gasteiger partial charge on any atom is -0.359 e. The van der Waals surface area contributed by atoms with Gasteiger partial charge in [-0.15, -0.1) is 0 Å². The molecule has 1 aromatic heterocycles. The number of nitrogens with zero attached hydrogens (tertiary/aromatic N) is 3. The number of fused-ring (bicyclic) bond motifs is 2. The molecule has 4 N–H and O–H groups in total. The van der Waals surface area contributed by atoms with Crippen LogP contribution in [0.1, 0.15) is 53.6 Å². The van der Waals surface area contributed by atoms with E-state index in [-0.39, 0.29) is 56.4 Å². The van der Waals surface area contributed by atoms with Crippen LogP contribution in [-0.4, -0.2) is 95.3 Å². The van der Waals surface area contributed by atoms with Crippen LogP contribution in [0.25, 0.3) is 0 Å². The van der Waals surface area contributed by atoms with Crippen LogP contribution in [0.15, 0.2) is 71.3 Å². The van der Waals surface area contributed by atoms with Crippen LogP contribution in [0.4, 0.5) is 0 Å². The highest BCUT2D eigenvalue weighted by atomic mass is 16.5. The Labute approximate surface area is 279 Å². The molecule has 48 heavy (non-hydrogen) atoms. The van der Waals surface area contributed by atoms with Crippen molar-refractivity contribution in [3.63, 3.8) is 0 Å². The van der Waals surface area contributed by atoms with E-state index in [1.54, 1.807) is 4.90 Å². The molecule has 3 aromatic rings. The van der Waals surface area contributed by atoms with Crippen LogP contribution in [0, 0.1) is 0 Å². The number of carbonyl (C=O) groups is 5. The van der Waals surface area contributed by atoms with Gasteiger partial charge in [0, 0.05) is 32.0 Å². The van der Waals surface area contributed by atoms with Gasteiger partial charge in [0.2, 0.25) is 23.6 Å². The molecule has 1 saturated heterocycles. The van der Waals surface area contributed by atoms with Gasteiger partial charge >= 0.3 is 0 Å². The monoisotopic (exact) mass is 657 g/mol. The fourth-order valence-corrected chi connectivity index (χ4v) is 5.84. The van der Waals surface area contributed by atoms with E-state index in [2.05, 4.69) is 31.3 Å². The van der Waals surface area contributed by atoms with Crippen molar-refractivity contribution in [2.75, 3.05) is 32.7 Å². The normalized spacial score (nSPS) is 22.0. The van der Waals surface area contributed by atoms with Crippen LogP contribution in [0.2, 0.25) is 0 Å². The minimum atomic E-state index is -1.05. The Morgan fingerprint density at radius 1 is 0.792 bits per heavy atom. The molecule has 13 nitrogen and oxygen atoms in total. The third-order valence-electron chi connectivity index (χ3n) is 8.55. The summed E-state index contributed by atoms with van der Waals surface area (Å²) in [5.41, 5.74) is 1.58. The van der Waals surface area contributed by atoms with Crippen LogP contribution >= 0.6 is 0 Å². The van der Waals surface area contributed by atoms with Crippen molar-refractivity contribution in [1.29, 1.82) is 0 Å². The Morgan fingerprint density at radius 2 is 1.40 bits per heavy atom. The second-order valence-electron chi connectivity index (χ2n) is 12.3. The number of hydrogen-bond donors (Lipinski definition) is 4. The van der Waals surface area contributed by atoms with E-state index in [1.807, 2.05) is 60.7 Å². The first-order chi connectivity index (χ1) is 23.2. The smallest absolute Gasteiger partial charge is 0.274 e. The highest BCUT2D eigenvalue weighted by Crippen LogP contribution is 2.13. The van der Waals surface area contributed by atoms with Crippen molar-refractivity contribution in [1.82, 2.24) is 36.2 Å². The van der Waals surface area contributed by atoms with Crippen molar-refractivity contribution >= 4 is 29.5 Å². The molecule has 3 atom stereocenters. The van der Waals surface area contributed by atoms with Gasteiger partial charge in [0.05, 0.1) is 13.1 Å². The molecule has 0 saturated carbocycles. The summed E-state index contributed by atoms with van der Waals surface area (Å²) < 4.78 is 5.42. The maximum atomic E-state index is 13.8. The average Bonchev–Trinajstić information content (AvgIpc) is 3.57. The van der Waals surface area contributed by atoms with Gasteiger partial charge in [-0.25, -0.2) is 0 Å². The lowest BCUT2D eigenvalue weighted by atomic mass is 10.0. The zero-order valence-corrected chi connectivity index (χ0v) is 27.2. The third kappa shape index (κ3) is 9.74. The van der Waals surface area contributed by atoms with Crippen molar-refractivity contribution in [3.05, 3.63) is 89.3 Å². The summed E-state index contributed by atoms with van der Waals surface area (Å²) in [6, 6.07) is 16.9. The standard InChI is InChI=1S/C35H43N7O6/c1-24-32(44)38-29(20-26-13-7-3-8-14-26)34(46)39-28(19-25-11-5-2-6-12-25)33(45)36-15-18-42(31(43)23-41-16-9-4-10-17-41)22-27-21-30(40-48-27)35(47)37-24/h2-3,5-8,11-14,21,24,28-29H,4,9-10,15-20,22-23H2,1H3,(H,36,45)(H,37,47)(H,38,44)(H,39,46)/t24-,28+,29-/m0/s1. The molecular formula is C35H43N7O6. The molecule has 13 heteroatoms. The summed E-state index contributed by atoms with van der Waals surface area (Å²) >= 11 is 0. The highest BCUT2D eigenvalue weighted by Gasteiger charge is 2.30. The lowest BCUT2D eigenvalue weighted by Crippen LogP contribution is -2.57. The summed E-state index contributed by atoms with van der Waals surface area (Å²) in [6.45, 7) is 3.69. The molecule has 0 spiro atoms. The number of benzene rings is 2. The Kier molecular flexibility index (Phi) is 11.9. The number of rotatable bonds is 6. The minimum absolute atomic E-state index is 0.0320. The number of likely N-dealkylation sites (tertiary alicyclic amines) is 1. The molecule has 5 rings (SSSR count). The highest BCUT2D eigenvalue weighted by molar-refractivity contribution is 5.97. The molecule has 3 heterocycles. The Morgan fingerprint density at radius 3 is 2.04 bits per heavy atom. The maximum Gasteiger partial charge on any atom is 0.274 e. The van der Waals surface area contributed by atoms with E-state index < -0.39 is 41.8 Å². The van der Waals surface area contributed by atoms with Gasteiger partial charge < -0.3 is 30.7 Å². The Hall–Kier alpha value is -5.04. The topological polar surface area (TPSA) is 166 Å². The van der Waals surface area contributed by atoms with Gasteiger partial charge in [-0.2, -0.15) is 0 Å². The summed E-state index contributed by atoms with van der Waals surface area (Å²) in [5.74, 6) is -2.08. The molecule has 1 fully saturated rings. The zero-order chi connectivity index (χ0) is 33.9. The van der Waals surface area contributed by atoms with E-state index >= 15 is 0 Å². The van der Waals surface area contributed by atoms with Crippen molar-refractivity contribution < 1.29 is 28.5 Å². The van der Waals surface area contributed by atoms with Crippen LogP contribution in [0.5, 0.6) is 0 Å². The molecule has 5 amide bonds. The van der Waals surface area contributed by atoms with Crippen LogP contribution in [0.3, 0.4) is 0 Å². The molecule has 0 radical (unpaired) electrons. The predicted octanol–water partition coefficient (Wildman–Crippen LogP) is 1.19. The fraction of sp³-hybridized carbons (Fsp3) is 0.429. The van der Waals surface area contributed by atoms with Crippen molar-refractivity contribution in [2.24, 2.45) is 0 Å². The molecular weight excluding hydrogens is 614 g/mol. The van der Waals surface area contributed by atoms with E-state index in [4.69, 9.17) is 4.52 Å². The van der Waals surface area contributed by atoms with Crippen LogP contribution < -0.4 is 21.3 Å². The second kappa shape index (κ2) is 16.7. The Bertz CT molecular complexity index is 1560. The largest absolute Gasteiger partial charge is 0.359 e. The number of hydrogen-bond acceptors (Lipinski definition) is 8. The van der Waals surface area contributed by atoms with Gasteiger partial charge in [0.1, 0.15) is 18.1 Å². The number of amides is 5. The fourth-order valence-electron chi connectivity index (χ4n) is 5.84. The number of piperidine rings is 1. The summed E-state index contributed by atoms with van der Waals surface area (Å²) in [6.07, 6.45) is 3.55. The number of nitrogens with one attached hydrogen (secondary N) is 4. The molecule has 2 bridgehead atoms. The maximum absolute atomic E-state index is 13.8.